The molecule has 33 heavy (non-hydrogen) atoms. The predicted octanol–water partition coefficient (Wildman–Crippen LogP) is 4.61. The number of benzene rings is 2. The molecule has 2 unspecified atom stereocenters. The quantitative estimate of drug-likeness (QED) is 0.281. The first kappa shape index (κ1) is 23.2. The average molecular weight is 470 g/mol. The lowest BCUT2D eigenvalue weighted by Crippen LogP contribution is -2.61. The molecule has 0 radical (unpaired) electrons. The van der Waals surface area contributed by atoms with Gasteiger partial charge in [-0.05, 0) is 56.9 Å². The Labute approximate surface area is 195 Å². The van der Waals surface area contributed by atoms with Crippen LogP contribution in [0.4, 0.5) is 4.79 Å². The molecule has 2 bridgehead atoms. The summed E-state index contributed by atoms with van der Waals surface area (Å²) in [5.41, 5.74) is 2.94. The van der Waals surface area contributed by atoms with Gasteiger partial charge in [0.2, 0.25) is 0 Å². The summed E-state index contributed by atoms with van der Waals surface area (Å²) in [4.78, 5) is 30.7. The summed E-state index contributed by atoms with van der Waals surface area (Å²) in [6.45, 7) is 8.46. The molecule has 0 fully saturated rings. The topological polar surface area (TPSA) is 91.3 Å². The third kappa shape index (κ3) is 3.66. The first-order valence-electron chi connectivity index (χ1n) is 10.8. The Hall–Kier alpha value is -3.00. The van der Waals surface area contributed by atoms with Gasteiger partial charge in [-0.2, -0.15) is 0 Å². The van der Waals surface area contributed by atoms with Crippen LogP contribution in [0.3, 0.4) is 0 Å². The van der Waals surface area contributed by atoms with Crippen LogP contribution in [0.5, 0.6) is 0 Å². The molecule has 2 heterocycles. The largest absolute Gasteiger partial charge is 0.535 e. The lowest BCUT2D eigenvalue weighted by atomic mass is 9.69. The van der Waals surface area contributed by atoms with E-state index < -0.39 is 44.4 Å². The van der Waals surface area contributed by atoms with E-state index in [1.54, 1.807) is 34.6 Å². The highest BCUT2D eigenvalue weighted by Gasteiger charge is 2.65. The van der Waals surface area contributed by atoms with Crippen molar-refractivity contribution in [3.05, 3.63) is 70.8 Å². The van der Waals surface area contributed by atoms with Crippen molar-refractivity contribution < 1.29 is 28.1 Å². The molecule has 0 aromatic heterocycles. The fourth-order valence-corrected chi connectivity index (χ4v) is 7.01. The van der Waals surface area contributed by atoms with Crippen molar-refractivity contribution in [3.8, 4) is 0 Å². The summed E-state index contributed by atoms with van der Waals surface area (Å²) in [5, 5.41) is 3.43. The average Bonchev–Trinajstić information content (AvgIpc) is 2.76. The highest BCUT2D eigenvalue weighted by Crippen LogP contribution is 2.59. The molecule has 174 valence electrons. The highest BCUT2D eigenvalue weighted by molar-refractivity contribution is 7.89. The van der Waals surface area contributed by atoms with E-state index in [-0.39, 0.29) is 12.3 Å². The third-order valence-corrected chi connectivity index (χ3v) is 8.15. The molecular weight excluding hydrogens is 442 g/mol. The highest BCUT2D eigenvalue weighted by atomic mass is 32.2. The summed E-state index contributed by atoms with van der Waals surface area (Å²) in [7, 11) is -1.78. The number of carbonyl (C=O) groups excluding carboxylic acids is 2. The van der Waals surface area contributed by atoms with Crippen molar-refractivity contribution in [1.29, 1.82) is 0 Å². The molecule has 0 saturated carbocycles. The number of oxime groups is 1. The summed E-state index contributed by atoms with van der Waals surface area (Å²) < 4.78 is 23.2. The van der Waals surface area contributed by atoms with Crippen LogP contribution in [0.15, 0.2) is 53.7 Å². The van der Waals surface area contributed by atoms with E-state index in [4.69, 9.17) is 14.3 Å². The fourth-order valence-electron chi connectivity index (χ4n) is 4.71. The van der Waals surface area contributed by atoms with E-state index >= 15 is 0 Å². The number of fused-ring (bicyclic) bond motifs is 1. The first-order chi connectivity index (χ1) is 15.6. The molecule has 1 aliphatic carbocycles. The molecule has 5 rings (SSSR count). The SMILES string of the molecule is CCOC(=O)C1(/C(C)=N\OC(=O)OC(C)(C)C)C2c3ccccc3C(c3ccccc32)S1=O. The second-order valence-electron chi connectivity index (χ2n) is 9.06. The van der Waals surface area contributed by atoms with E-state index in [0.717, 1.165) is 22.3 Å². The molecule has 3 aliphatic rings. The van der Waals surface area contributed by atoms with Gasteiger partial charge in [-0.3, -0.25) is 9.05 Å². The van der Waals surface area contributed by atoms with Crippen LogP contribution in [0.2, 0.25) is 0 Å². The van der Waals surface area contributed by atoms with Gasteiger partial charge in [0.15, 0.2) is 4.75 Å². The zero-order valence-corrected chi connectivity index (χ0v) is 20.1. The van der Waals surface area contributed by atoms with Gasteiger partial charge in [0.25, 0.3) is 0 Å². The molecule has 8 heteroatoms. The van der Waals surface area contributed by atoms with Crippen molar-refractivity contribution in [2.24, 2.45) is 5.16 Å². The summed E-state index contributed by atoms with van der Waals surface area (Å²) in [6, 6.07) is 15.4. The third-order valence-electron chi connectivity index (χ3n) is 5.88. The van der Waals surface area contributed by atoms with E-state index in [2.05, 4.69) is 5.16 Å². The number of carbonyl (C=O) groups is 2. The standard InChI is InChI=1S/C25H27NO6S/c1-6-30-22(27)25(15(2)26-32-23(28)31-24(3,4)5)20-16-11-7-9-13-18(16)21(33(25)29)19-14-10-8-12-17(19)20/h7-14,20-21H,6H2,1-5H3/b26-15-. The molecule has 2 aromatic carbocycles. The molecule has 0 spiro atoms. The van der Waals surface area contributed by atoms with Crippen molar-refractivity contribution in [2.75, 3.05) is 6.61 Å². The Bertz CT molecular complexity index is 1120. The van der Waals surface area contributed by atoms with Crippen molar-refractivity contribution in [2.45, 2.75) is 56.1 Å². The minimum atomic E-state index is -1.78. The molecule has 0 saturated heterocycles. The Kier molecular flexibility index (Phi) is 5.90. The maximum atomic E-state index is 14.2. The van der Waals surface area contributed by atoms with E-state index in [0.29, 0.717) is 0 Å². The molecular formula is C25H27NO6S. The molecule has 2 aliphatic heterocycles. The maximum Gasteiger partial charge on any atom is 0.535 e. The van der Waals surface area contributed by atoms with Gasteiger partial charge >= 0.3 is 12.1 Å². The summed E-state index contributed by atoms with van der Waals surface area (Å²) in [5.74, 6) is -1.27. The van der Waals surface area contributed by atoms with Gasteiger partial charge in [-0.25, -0.2) is 9.59 Å². The molecule has 7 nitrogen and oxygen atoms in total. The Morgan fingerprint density at radius 1 is 1.00 bits per heavy atom. The maximum absolute atomic E-state index is 14.2. The normalized spacial score (nSPS) is 25.6. The number of esters is 1. The number of hydrogen-bond acceptors (Lipinski definition) is 7. The zero-order chi connectivity index (χ0) is 24.0. The monoisotopic (exact) mass is 469 g/mol. The van der Waals surface area contributed by atoms with Crippen LogP contribution >= 0.6 is 0 Å². The fraction of sp³-hybridized carbons (Fsp3) is 0.400. The van der Waals surface area contributed by atoms with Crippen LogP contribution in [-0.4, -0.2) is 39.0 Å². The smallest absolute Gasteiger partial charge is 0.465 e. The Morgan fingerprint density at radius 3 is 2.00 bits per heavy atom. The van der Waals surface area contributed by atoms with Gasteiger partial charge in [0.05, 0.1) is 28.4 Å². The van der Waals surface area contributed by atoms with E-state index in [1.807, 2.05) is 48.5 Å². The minimum Gasteiger partial charge on any atom is -0.465 e. The van der Waals surface area contributed by atoms with Crippen LogP contribution in [0.1, 0.15) is 68.0 Å². The van der Waals surface area contributed by atoms with Crippen LogP contribution < -0.4 is 0 Å². The number of hydrogen-bond donors (Lipinski definition) is 0. The Balaban J connectivity index is 1.90. The van der Waals surface area contributed by atoms with Crippen molar-refractivity contribution in [1.82, 2.24) is 0 Å². The summed E-state index contributed by atoms with van der Waals surface area (Å²) >= 11 is 0. The van der Waals surface area contributed by atoms with Crippen LogP contribution in [-0.2, 0) is 29.9 Å². The van der Waals surface area contributed by atoms with Crippen LogP contribution in [0, 0.1) is 0 Å². The second-order valence-corrected chi connectivity index (χ2v) is 10.8. The van der Waals surface area contributed by atoms with Crippen molar-refractivity contribution >= 4 is 28.6 Å². The first-order valence-corrected chi connectivity index (χ1v) is 12.0. The molecule has 2 aromatic rings. The van der Waals surface area contributed by atoms with Gasteiger partial charge in [-0.1, -0.05) is 53.7 Å². The van der Waals surface area contributed by atoms with Gasteiger partial charge < -0.3 is 9.47 Å². The van der Waals surface area contributed by atoms with Crippen molar-refractivity contribution in [3.63, 3.8) is 0 Å². The molecule has 0 N–H and O–H groups in total. The van der Waals surface area contributed by atoms with E-state index in [1.165, 1.54) is 0 Å². The predicted molar refractivity (Wildman–Crippen MR) is 125 cm³/mol. The number of rotatable bonds is 4. The van der Waals surface area contributed by atoms with Gasteiger partial charge in [-0.15, -0.1) is 0 Å². The lowest BCUT2D eigenvalue weighted by molar-refractivity contribution is -0.144. The summed E-state index contributed by atoms with van der Waals surface area (Å²) in [6.07, 6.45) is -1.01. The molecule has 0 amide bonds. The lowest BCUT2D eigenvalue weighted by Gasteiger charge is -2.50. The van der Waals surface area contributed by atoms with E-state index in [9.17, 15) is 13.8 Å². The molecule has 2 atom stereocenters. The number of nitrogens with zero attached hydrogens (tertiary/aromatic N) is 1. The Morgan fingerprint density at radius 2 is 1.52 bits per heavy atom. The van der Waals surface area contributed by atoms with Gasteiger partial charge in [0.1, 0.15) is 5.60 Å². The van der Waals surface area contributed by atoms with Crippen LogP contribution in [0.25, 0.3) is 0 Å². The second kappa shape index (κ2) is 8.41. The minimum absolute atomic E-state index is 0.101. The van der Waals surface area contributed by atoms with Gasteiger partial charge in [0, 0.05) is 5.92 Å². The number of ether oxygens (including phenoxy) is 2. The zero-order valence-electron chi connectivity index (χ0n) is 19.3.